The number of nitrogens with zero attached hydrogens (tertiary/aromatic N) is 2. The van der Waals surface area contributed by atoms with Gasteiger partial charge in [0.15, 0.2) is 0 Å². The Kier molecular flexibility index (Phi) is 4.72. The molecule has 0 spiro atoms. The number of aromatic nitrogens is 1. The quantitative estimate of drug-likeness (QED) is 0.892. The van der Waals surface area contributed by atoms with Gasteiger partial charge in [-0.05, 0) is 57.3 Å². The van der Waals surface area contributed by atoms with Crippen LogP contribution in [0.4, 0.5) is 0 Å². The third-order valence-corrected chi connectivity index (χ3v) is 3.93. The zero-order valence-corrected chi connectivity index (χ0v) is 11.5. The molecule has 1 fully saturated rings. The summed E-state index contributed by atoms with van der Waals surface area (Å²) < 4.78 is 0. The minimum absolute atomic E-state index is 0.119. The van der Waals surface area contributed by atoms with Crippen molar-refractivity contribution in [1.82, 2.24) is 9.88 Å². The van der Waals surface area contributed by atoms with Crippen molar-refractivity contribution >= 4 is 0 Å². The molecular formula is C15H25N3. The Labute approximate surface area is 110 Å². The Balaban J connectivity index is 2.15. The molecule has 2 heterocycles. The SMILES string of the molecule is CC1CCCN(C(c2ccccn2)C(C)N)CC1. The fraction of sp³-hybridized carbons (Fsp3) is 0.667. The molecule has 1 saturated heterocycles. The van der Waals surface area contributed by atoms with E-state index in [-0.39, 0.29) is 12.1 Å². The lowest BCUT2D eigenvalue weighted by atomic mass is 10.0. The van der Waals surface area contributed by atoms with Crippen LogP contribution >= 0.6 is 0 Å². The third-order valence-electron chi connectivity index (χ3n) is 3.93. The van der Waals surface area contributed by atoms with Gasteiger partial charge in [0.2, 0.25) is 0 Å². The second-order valence-corrected chi connectivity index (χ2v) is 5.63. The summed E-state index contributed by atoms with van der Waals surface area (Å²) in [4.78, 5) is 7.03. The molecular weight excluding hydrogens is 222 g/mol. The van der Waals surface area contributed by atoms with Crippen LogP contribution < -0.4 is 5.73 Å². The monoisotopic (exact) mass is 247 g/mol. The summed E-state index contributed by atoms with van der Waals surface area (Å²) >= 11 is 0. The predicted octanol–water partition coefficient (Wildman–Crippen LogP) is 2.59. The maximum atomic E-state index is 6.20. The zero-order valence-electron chi connectivity index (χ0n) is 11.5. The second-order valence-electron chi connectivity index (χ2n) is 5.63. The van der Waals surface area contributed by atoms with Crippen LogP contribution in [0.3, 0.4) is 0 Å². The van der Waals surface area contributed by atoms with Crippen LogP contribution in [0.5, 0.6) is 0 Å². The topological polar surface area (TPSA) is 42.2 Å². The maximum Gasteiger partial charge on any atom is 0.0670 e. The normalized spacial score (nSPS) is 25.4. The van der Waals surface area contributed by atoms with Crippen molar-refractivity contribution in [3.05, 3.63) is 30.1 Å². The first-order chi connectivity index (χ1) is 8.68. The Hall–Kier alpha value is -0.930. The van der Waals surface area contributed by atoms with Gasteiger partial charge >= 0.3 is 0 Å². The van der Waals surface area contributed by atoms with Crippen LogP contribution in [-0.4, -0.2) is 29.0 Å². The standard InChI is InChI=1S/C15H25N3/c1-12-6-5-10-18(11-8-12)15(13(2)16)14-7-3-4-9-17-14/h3-4,7,9,12-13,15H,5-6,8,10-11,16H2,1-2H3. The van der Waals surface area contributed by atoms with Crippen LogP contribution in [0.1, 0.15) is 44.8 Å². The first-order valence-electron chi connectivity index (χ1n) is 7.09. The molecule has 0 saturated carbocycles. The summed E-state index contributed by atoms with van der Waals surface area (Å²) in [5, 5.41) is 0. The molecule has 0 aromatic carbocycles. The molecule has 3 unspecified atom stereocenters. The van der Waals surface area contributed by atoms with Gasteiger partial charge in [0.05, 0.1) is 11.7 Å². The fourth-order valence-electron chi connectivity index (χ4n) is 2.90. The molecule has 0 radical (unpaired) electrons. The molecule has 1 aromatic heterocycles. The zero-order chi connectivity index (χ0) is 13.0. The Bertz CT molecular complexity index is 350. The van der Waals surface area contributed by atoms with E-state index >= 15 is 0 Å². The molecule has 0 bridgehead atoms. The van der Waals surface area contributed by atoms with Gasteiger partial charge in [0.25, 0.3) is 0 Å². The summed E-state index contributed by atoms with van der Waals surface area (Å²) in [6, 6.07) is 6.50. The summed E-state index contributed by atoms with van der Waals surface area (Å²) in [5.74, 6) is 0.840. The van der Waals surface area contributed by atoms with E-state index < -0.39 is 0 Å². The molecule has 1 aliphatic rings. The van der Waals surface area contributed by atoms with Crippen molar-refractivity contribution in [2.75, 3.05) is 13.1 Å². The number of hydrogen-bond acceptors (Lipinski definition) is 3. The van der Waals surface area contributed by atoms with Gasteiger partial charge in [-0.15, -0.1) is 0 Å². The summed E-state index contributed by atoms with van der Waals surface area (Å²) in [7, 11) is 0. The molecule has 3 heteroatoms. The fourth-order valence-corrected chi connectivity index (χ4v) is 2.90. The van der Waals surface area contributed by atoms with Gasteiger partial charge < -0.3 is 5.73 Å². The minimum Gasteiger partial charge on any atom is -0.326 e. The first kappa shape index (κ1) is 13.5. The van der Waals surface area contributed by atoms with Gasteiger partial charge in [-0.3, -0.25) is 9.88 Å². The number of likely N-dealkylation sites (tertiary alicyclic amines) is 1. The number of hydrogen-bond donors (Lipinski definition) is 1. The van der Waals surface area contributed by atoms with Crippen LogP contribution in [0, 0.1) is 5.92 Å². The molecule has 3 atom stereocenters. The third kappa shape index (κ3) is 3.30. The first-order valence-corrected chi connectivity index (χ1v) is 7.09. The van der Waals surface area contributed by atoms with Crippen molar-refractivity contribution in [2.24, 2.45) is 11.7 Å². The van der Waals surface area contributed by atoms with E-state index in [2.05, 4.69) is 35.9 Å². The summed E-state index contributed by atoms with van der Waals surface area (Å²) in [6.07, 6.45) is 5.75. The number of pyridine rings is 1. The largest absolute Gasteiger partial charge is 0.326 e. The molecule has 3 nitrogen and oxygen atoms in total. The van der Waals surface area contributed by atoms with Crippen LogP contribution in [0.15, 0.2) is 24.4 Å². The minimum atomic E-state index is 0.119. The average molecular weight is 247 g/mol. The van der Waals surface area contributed by atoms with E-state index in [4.69, 9.17) is 5.73 Å². The second kappa shape index (κ2) is 6.30. The van der Waals surface area contributed by atoms with Crippen molar-refractivity contribution in [2.45, 2.75) is 45.2 Å². The predicted molar refractivity (Wildman–Crippen MR) is 75.2 cm³/mol. The van der Waals surface area contributed by atoms with E-state index in [9.17, 15) is 0 Å². The Morgan fingerprint density at radius 1 is 1.33 bits per heavy atom. The van der Waals surface area contributed by atoms with Gasteiger partial charge in [-0.2, -0.15) is 0 Å². The van der Waals surface area contributed by atoms with Gasteiger partial charge in [0.1, 0.15) is 0 Å². The smallest absolute Gasteiger partial charge is 0.0670 e. The highest BCUT2D eigenvalue weighted by Gasteiger charge is 2.26. The van der Waals surface area contributed by atoms with Gasteiger partial charge in [-0.25, -0.2) is 0 Å². The van der Waals surface area contributed by atoms with E-state index in [1.807, 2.05) is 12.3 Å². The Morgan fingerprint density at radius 3 is 2.83 bits per heavy atom. The molecule has 100 valence electrons. The lowest BCUT2D eigenvalue weighted by Gasteiger charge is -2.33. The molecule has 0 amide bonds. The summed E-state index contributed by atoms with van der Waals surface area (Å²) in [5.41, 5.74) is 7.32. The van der Waals surface area contributed by atoms with E-state index in [0.717, 1.165) is 24.7 Å². The lowest BCUT2D eigenvalue weighted by Crippen LogP contribution is -2.40. The Morgan fingerprint density at radius 2 is 2.17 bits per heavy atom. The number of nitrogens with two attached hydrogens (primary N) is 1. The highest BCUT2D eigenvalue weighted by atomic mass is 15.2. The highest BCUT2D eigenvalue weighted by molar-refractivity contribution is 5.11. The molecule has 1 aromatic rings. The van der Waals surface area contributed by atoms with E-state index in [1.165, 1.54) is 19.3 Å². The molecule has 0 aliphatic carbocycles. The maximum absolute atomic E-state index is 6.20. The van der Waals surface area contributed by atoms with Crippen molar-refractivity contribution in [3.8, 4) is 0 Å². The van der Waals surface area contributed by atoms with Crippen molar-refractivity contribution < 1.29 is 0 Å². The van der Waals surface area contributed by atoms with Crippen LogP contribution in [-0.2, 0) is 0 Å². The van der Waals surface area contributed by atoms with Crippen molar-refractivity contribution in [3.63, 3.8) is 0 Å². The number of rotatable bonds is 3. The van der Waals surface area contributed by atoms with E-state index in [1.54, 1.807) is 0 Å². The van der Waals surface area contributed by atoms with E-state index in [0.29, 0.717) is 0 Å². The van der Waals surface area contributed by atoms with Crippen LogP contribution in [0.2, 0.25) is 0 Å². The van der Waals surface area contributed by atoms with Gasteiger partial charge in [0, 0.05) is 12.2 Å². The molecule has 18 heavy (non-hydrogen) atoms. The lowest BCUT2D eigenvalue weighted by molar-refractivity contribution is 0.177. The molecule has 1 aliphatic heterocycles. The summed E-state index contributed by atoms with van der Waals surface area (Å²) in [6.45, 7) is 6.73. The highest BCUT2D eigenvalue weighted by Crippen LogP contribution is 2.26. The van der Waals surface area contributed by atoms with Crippen LogP contribution in [0.25, 0.3) is 0 Å². The average Bonchev–Trinajstić information content (AvgIpc) is 2.56. The molecule has 2 N–H and O–H groups in total. The molecule has 2 rings (SSSR count). The van der Waals surface area contributed by atoms with Crippen molar-refractivity contribution in [1.29, 1.82) is 0 Å². The van der Waals surface area contributed by atoms with Gasteiger partial charge in [-0.1, -0.05) is 13.0 Å².